The van der Waals surface area contributed by atoms with Crippen molar-refractivity contribution in [1.82, 2.24) is 10.2 Å². The van der Waals surface area contributed by atoms with Crippen LogP contribution in [0.1, 0.15) is 33.1 Å². The third kappa shape index (κ3) is 6.21. The summed E-state index contributed by atoms with van der Waals surface area (Å²) < 4.78 is 4.73. The van der Waals surface area contributed by atoms with Gasteiger partial charge in [0.25, 0.3) is 0 Å². The van der Waals surface area contributed by atoms with E-state index in [1.54, 1.807) is 0 Å². The molecule has 1 heterocycles. The molecule has 1 atom stereocenters. The van der Waals surface area contributed by atoms with Crippen molar-refractivity contribution in [3.8, 4) is 0 Å². The van der Waals surface area contributed by atoms with Crippen molar-refractivity contribution in [3.63, 3.8) is 0 Å². The molecule has 0 radical (unpaired) electrons. The Morgan fingerprint density at radius 3 is 2.68 bits per heavy atom. The quantitative estimate of drug-likeness (QED) is 0.414. The fourth-order valence-electron chi connectivity index (χ4n) is 2.50. The fraction of sp³-hybridized carbons (Fsp3) is 0.800. The highest BCUT2D eigenvalue weighted by Crippen LogP contribution is 2.09. The molecule has 1 rings (SSSR count). The number of carbonyl (C=O) groups is 1. The third-order valence-electron chi connectivity index (χ3n) is 3.58. The molecule has 0 spiro atoms. The van der Waals surface area contributed by atoms with E-state index in [0.29, 0.717) is 5.92 Å². The Balaban J connectivity index is 2.17. The number of likely N-dealkylation sites (tertiary alicyclic amines) is 1. The molecule has 4 nitrogen and oxygen atoms in total. The molecule has 1 N–H and O–H groups in total. The monoisotopic (exact) mass is 268 g/mol. The minimum atomic E-state index is -0.214. The molecule has 0 bridgehead atoms. The maximum Gasteiger partial charge on any atom is 0.333 e. The second-order valence-electron chi connectivity index (χ2n) is 5.35. The molecule has 1 saturated heterocycles. The summed E-state index contributed by atoms with van der Waals surface area (Å²) in [4.78, 5) is 13.9. The van der Waals surface area contributed by atoms with Crippen LogP contribution < -0.4 is 5.32 Å². The van der Waals surface area contributed by atoms with Gasteiger partial charge in [-0.15, -0.1) is 0 Å². The SMILES string of the molecule is CCC(=CCNCC(C)CN1CCCC1)C(=O)OC. The molecule has 1 aliphatic rings. The van der Waals surface area contributed by atoms with Gasteiger partial charge >= 0.3 is 5.97 Å². The molecular formula is C15H28N2O2. The maximum absolute atomic E-state index is 11.4. The molecule has 0 aliphatic carbocycles. The van der Waals surface area contributed by atoms with Crippen LogP contribution in [0.5, 0.6) is 0 Å². The lowest BCUT2D eigenvalue weighted by atomic mass is 10.1. The number of hydrogen-bond donors (Lipinski definition) is 1. The van der Waals surface area contributed by atoms with Gasteiger partial charge in [-0.2, -0.15) is 0 Å². The minimum absolute atomic E-state index is 0.214. The number of methoxy groups -OCH3 is 1. The normalized spacial score (nSPS) is 18.6. The molecule has 0 amide bonds. The molecular weight excluding hydrogens is 240 g/mol. The minimum Gasteiger partial charge on any atom is -0.466 e. The summed E-state index contributed by atoms with van der Waals surface area (Å²) in [5.41, 5.74) is 0.752. The summed E-state index contributed by atoms with van der Waals surface area (Å²) in [6.07, 6.45) is 5.36. The second kappa shape index (κ2) is 9.10. The van der Waals surface area contributed by atoms with Crippen LogP contribution in [-0.4, -0.2) is 50.7 Å². The summed E-state index contributed by atoms with van der Waals surface area (Å²) in [6, 6.07) is 0. The van der Waals surface area contributed by atoms with Crippen molar-refractivity contribution in [2.24, 2.45) is 5.92 Å². The van der Waals surface area contributed by atoms with Crippen LogP contribution in [0.25, 0.3) is 0 Å². The van der Waals surface area contributed by atoms with Crippen molar-refractivity contribution in [3.05, 3.63) is 11.6 Å². The molecule has 110 valence electrons. The zero-order chi connectivity index (χ0) is 14.1. The first-order valence-electron chi connectivity index (χ1n) is 7.37. The highest BCUT2D eigenvalue weighted by atomic mass is 16.5. The van der Waals surface area contributed by atoms with Gasteiger partial charge in [0.2, 0.25) is 0 Å². The van der Waals surface area contributed by atoms with Gasteiger partial charge in [-0.25, -0.2) is 4.79 Å². The molecule has 0 aromatic carbocycles. The molecule has 0 aromatic heterocycles. The number of rotatable bonds is 8. The number of esters is 1. The predicted molar refractivity (Wildman–Crippen MR) is 78.1 cm³/mol. The van der Waals surface area contributed by atoms with Crippen molar-refractivity contribution in [2.75, 3.05) is 39.8 Å². The number of nitrogens with one attached hydrogen (secondary N) is 1. The van der Waals surface area contributed by atoms with Gasteiger partial charge in [-0.3, -0.25) is 0 Å². The average Bonchev–Trinajstić information content (AvgIpc) is 2.90. The highest BCUT2D eigenvalue weighted by Gasteiger charge is 2.14. The van der Waals surface area contributed by atoms with Gasteiger partial charge in [0, 0.05) is 18.7 Å². The highest BCUT2D eigenvalue weighted by molar-refractivity contribution is 5.88. The first kappa shape index (κ1) is 16.2. The van der Waals surface area contributed by atoms with E-state index in [9.17, 15) is 4.79 Å². The molecule has 1 aliphatic heterocycles. The molecule has 0 saturated carbocycles. The first-order valence-corrected chi connectivity index (χ1v) is 7.37. The summed E-state index contributed by atoms with van der Waals surface area (Å²) >= 11 is 0. The van der Waals surface area contributed by atoms with Crippen LogP contribution in [-0.2, 0) is 9.53 Å². The van der Waals surface area contributed by atoms with Crippen LogP contribution in [0.2, 0.25) is 0 Å². The number of nitrogens with zero attached hydrogens (tertiary/aromatic N) is 1. The number of carbonyl (C=O) groups excluding carboxylic acids is 1. The Morgan fingerprint density at radius 2 is 2.11 bits per heavy atom. The first-order chi connectivity index (χ1) is 9.17. The van der Waals surface area contributed by atoms with Gasteiger partial charge < -0.3 is 15.0 Å². The summed E-state index contributed by atoms with van der Waals surface area (Å²) in [6.45, 7) is 9.66. The Hall–Kier alpha value is -0.870. The van der Waals surface area contributed by atoms with Gasteiger partial charge in [-0.1, -0.05) is 19.9 Å². The van der Waals surface area contributed by atoms with E-state index in [0.717, 1.165) is 25.1 Å². The summed E-state index contributed by atoms with van der Waals surface area (Å²) in [5, 5.41) is 3.39. The van der Waals surface area contributed by atoms with E-state index in [1.807, 2.05) is 13.0 Å². The smallest absolute Gasteiger partial charge is 0.333 e. The van der Waals surface area contributed by atoms with E-state index >= 15 is 0 Å². The van der Waals surface area contributed by atoms with Crippen LogP contribution >= 0.6 is 0 Å². The van der Waals surface area contributed by atoms with Crippen LogP contribution in [0, 0.1) is 5.92 Å². The van der Waals surface area contributed by atoms with Gasteiger partial charge in [-0.05, 0) is 44.8 Å². The topological polar surface area (TPSA) is 41.6 Å². The van der Waals surface area contributed by atoms with E-state index in [4.69, 9.17) is 4.74 Å². The van der Waals surface area contributed by atoms with Crippen LogP contribution in [0.3, 0.4) is 0 Å². The molecule has 1 fully saturated rings. The third-order valence-corrected chi connectivity index (χ3v) is 3.58. The largest absolute Gasteiger partial charge is 0.466 e. The van der Waals surface area contributed by atoms with Crippen molar-refractivity contribution < 1.29 is 9.53 Å². The molecule has 19 heavy (non-hydrogen) atoms. The van der Waals surface area contributed by atoms with Crippen LogP contribution in [0.4, 0.5) is 0 Å². The Labute approximate surface area is 117 Å². The Morgan fingerprint density at radius 1 is 1.42 bits per heavy atom. The van der Waals surface area contributed by atoms with Crippen LogP contribution in [0.15, 0.2) is 11.6 Å². The molecule has 1 unspecified atom stereocenters. The van der Waals surface area contributed by atoms with E-state index in [-0.39, 0.29) is 5.97 Å². The molecule has 0 aromatic rings. The lowest BCUT2D eigenvalue weighted by Crippen LogP contribution is -2.31. The van der Waals surface area contributed by atoms with Gasteiger partial charge in [0.15, 0.2) is 0 Å². The van der Waals surface area contributed by atoms with E-state index in [1.165, 1.54) is 39.6 Å². The summed E-state index contributed by atoms with van der Waals surface area (Å²) in [5.74, 6) is 0.434. The van der Waals surface area contributed by atoms with Crippen molar-refractivity contribution in [1.29, 1.82) is 0 Å². The zero-order valence-electron chi connectivity index (χ0n) is 12.6. The van der Waals surface area contributed by atoms with Gasteiger partial charge in [0.05, 0.1) is 7.11 Å². The van der Waals surface area contributed by atoms with E-state index in [2.05, 4.69) is 17.1 Å². The summed E-state index contributed by atoms with van der Waals surface area (Å²) in [7, 11) is 1.43. The van der Waals surface area contributed by atoms with Crippen molar-refractivity contribution in [2.45, 2.75) is 33.1 Å². The molecule has 4 heteroatoms. The lowest BCUT2D eigenvalue weighted by molar-refractivity contribution is -0.136. The lowest BCUT2D eigenvalue weighted by Gasteiger charge is -2.20. The fourth-order valence-corrected chi connectivity index (χ4v) is 2.50. The second-order valence-corrected chi connectivity index (χ2v) is 5.35. The zero-order valence-corrected chi connectivity index (χ0v) is 12.6. The maximum atomic E-state index is 11.4. The average molecular weight is 268 g/mol. The Kier molecular flexibility index (Phi) is 7.75. The Bertz CT molecular complexity index is 297. The number of hydrogen-bond acceptors (Lipinski definition) is 4. The predicted octanol–water partition coefficient (Wildman–Crippen LogP) is 1.82. The number of ether oxygens (including phenoxy) is 1. The standard InChI is InChI=1S/C15H28N2O2/c1-4-14(15(18)19-3)7-8-16-11-13(2)12-17-9-5-6-10-17/h7,13,16H,4-6,8-12H2,1-3H3. The van der Waals surface area contributed by atoms with Gasteiger partial charge in [0.1, 0.15) is 0 Å². The van der Waals surface area contributed by atoms with E-state index < -0.39 is 0 Å². The van der Waals surface area contributed by atoms with Crippen molar-refractivity contribution >= 4 is 5.97 Å².